The number of ether oxygens (including phenoxy) is 1. The molecule has 2 rings (SSSR count). The average molecular weight is 284 g/mol. The Labute approximate surface area is 127 Å². The molecule has 0 spiro atoms. The lowest BCUT2D eigenvalue weighted by Crippen LogP contribution is -2.30. The number of anilines is 1. The van der Waals surface area contributed by atoms with Crippen LogP contribution in [0, 0.1) is 0 Å². The Morgan fingerprint density at radius 1 is 1.10 bits per heavy atom. The highest BCUT2D eigenvalue weighted by Crippen LogP contribution is 2.23. The van der Waals surface area contributed by atoms with Crippen molar-refractivity contribution in [2.45, 2.75) is 25.3 Å². The molecule has 0 aliphatic heterocycles. The summed E-state index contributed by atoms with van der Waals surface area (Å²) in [6.45, 7) is 2.85. The first-order chi connectivity index (χ1) is 10.2. The van der Waals surface area contributed by atoms with Crippen molar-refractivity contribution in [3.05, 3.63) is 60.2 Å². The first-order valence-corrected chi connectivity index (χ1v) is 7.38. The minimum Gasteiger partial charge on any atom is -0.497 e. The van der Waals surface area contributed by atoms with Crippen molar-refractivity contribution in [1.29, 1.82) is 0 Å². The topological polar surface area (TPSA) is 47.3 Å². The molecule has 3 nitrogen and oxygen atoms in total. The second-order valence-corrected chi connectivity index (χ2v) is 5.36. The highest BCUT2D eigenvalue weighted by molar-refractivity contribution is 5.49. The maximum atomic E-state index is 5.92. The molecule has 0 aromatic heterocycles. The molecule has 0 bridgehead atoms. The van der Waals surface area contributed by atoms with Crippen LogP contribution in [0.1, 0.15) is 24.8 Å². The molecule has 0 saturated heterocycles. The third-order valence-electron chi connectivity index (χ3n) is 3.73. The fraction of sp³-hybridized carbons (Fsp3) is 0.333. The smallest absolute Gasteiger partial charge is 0.120 e. The summed E-state index contributed by atoms with van der Waals surface area (Å²) in [7, 11) is 1.68. The normalized spacial score (nSPS) is 13.5. The van der Waals surface area contributed by atoms with Gasteiger partial charge in [-0.05, 0) is 30.0 Å². The Hall–Kier alpha value is -2.00. The van der Waals surface area contributed by atoms with Crippen LogP contribution in [-0.2, 0) is 0 Å². The monoisotopic (exact) mass is 284 g/mol. The summed E-state index contributed by atoms with van der Waals surface area (Å²) in [4.78, 5) is 0. The molecule has 0 aliphatic carbocycles. The van der Waals surface area contributed by atoms with E-state index in [2.05, 4.69) is 36.5 Å². The quantitative estimate of drug-likeness (QED) is 0.816. The van der Waals surface area contributed by atoms with Gasteiger partial charge >= 0.3 is 0 Å². The highest BCUT2D eigenvalue weighted by Gasteiger charge is 2.13. The van der Waals surface area contributed by atoms with E-state index in [9.17, 15) is 0 Å². The molecule has 0 saturated carbocycles. The van der Waals surface area contributed by atoms with E-state index >= 15 is 0 Å². The van der Waals surface area contributed by atoms with Crippen LogP contribution in [0.3, 0.4) is 0 Å². The predicted octanol–water partition coefficient (Wildman–Crippen LogP) is 3.63. The number of hydrogen-bond donors (Lipinski definition) is 2. The van der Waals surface area contributed by atoms with Crippen LogP contribution in [0.2, 0.25) is 0 Å². The lowest BCUT2D eigenvalue weighted by Gasteiger charge is -2.22. The van der Waals surface area contributed by atoms with E-state index in [1.807, 2.05) is 30.3 Å². The van der Waals surface area contributed by atoms with Crippen molar-refractivity contribution in [2.75, 3.05) is 19.0 Å². The number of nitrogens with one attached hydrogen (secondary N) is 1. The minimum absolute atomic E-state index is 0.243. The van der Waals surface area contributed by atoms with Crippen molar-refractivity contribution in [3.8, 4) is 5.75 Å². The van der Waals surface area contributed by atoms with Gasteiger partial charge in [0.05, 0.1) is 7.11 Å². The number of rotatable bonds is 7. The summed E-state index contributed by atoms with van der Waals surface area (Å²) in [5, 5.41) is 3.50. The third kappa shape index (κ3) is 4.50. The van der Waals surface area contributed by atoms with E-state index in [-0.39, 0.29) is 6.04 Å². The lowest BCUT2D eigenvalue weighted by atomic mass is 9.94. The molecule has 0 amide bonds. The van der Waals surface area contributed by atoms with Gasteiger partial charge in [-0.1, -0.05) is 43.3 Å². The fourth-order valence-corrected chi connectivity index (χ4v) is 2.51. The first kappa shape index (κ1) is 15.4. The Morgan fingerprint density at radius 2 is 1.86 bits per heavy atom. The Kier molecular flexibility index (Phi) is 5.64. The summed E-state index contributed by atoms with van der Waals surface area (Å²) in [6, 6.07) is 18.8. The Balaban J connectivity index is 1.99. The summed E-state index contributed by atoms with van der Waals surface area (Å²) in [5.74, 6) is 1.32. The molecule has 3 N–H and O–H groups in total. The Bertz CT molecular complexity index is 542. The van der Waals surface area contributed by atoms with Gasteiger partial charge in [0.1, 0.15) is 5.75 Å². The minimum atomic E-state index is 0.243. The molecule has 0 aliphatic rings. The number of methoxy groups -OCH3 is 1. The van der Waals surface area contributed by atoms with Gasteiger partial charge in [-0.15, -0.1) is 0 Å². The molecule has 2 unspecified atom stereocenters. The predicted molar refractivity (Wildman–Crippen MR) is 88.9 cm³/mol. The van der Waals surface area contributed by atoms with Gasteiger partial charge in [-0.2, -0.15) is 0 Å². The summed E-state index contributed by atoms with van der Waals surface area (Å²) < 4.78 is 5.25. The molecule has 0 fully saturated rings. The second-order valence-electron chi connectivity index (χ2n) is 5.36. The first-order valence-electron chi connectivity index (χ1n) is 7.38. The number of nitrogens with two attached hydrogens (primary N) is 1. The van der Waals surface area contributed by atoms with Crippen LogP contribution in [-0.4, -0.2) is 19.7 Å². The highest BCUT2D eigenvalue weighted by atomic mass is 16.5. The summed E-state index contributed by atoms with van der Waals surface area (Å²) >= 11 is 0. The number of hydrogen-bond acceptors (Lipinski definition) is 3. The second kappa shape index (κ2) is 7.70. The van der Waals surface area contributed by atoms with Gasteiger partial charge < -0.3 is 15.8 Å². The van der Waals surface area contributed by atoms with Crippen molar-refractivity contribution in [1.82, 2.24) is 0 Å². The molecule has 2 aromatic rings. The van der Waals surface area contributed by atoms with Gasteiger partial charge in [-0.3, -0.25) is 0 Å². The summed E-state index contributed by atoms with van der Waals surface area (Å²) in [6.07, 6.45) is 0.998. The van der Waals surface area contributed by atoms with Crippen LogP contribution < -0.4 is 15.8 Å². The zero-order valence-corrected chi connectivity index (χ0v) is 12.8. The number of benzene rings is 2. The van der Waals surface area contributed by atoms with Crippen LogP contribution in [0.25, 0.3) is 0 Å². The Morgan fingerprint density at radius 3 is 2.52 bits per heavy atom. The molecule has 21 heavy (non-hydrogen) atoms. The SMILES string of the molecule is COc1cccc(NC(CN)CC(C)c2ccccc2)c1. The average Bonchev–Trinajstić information content (AvgIpc) is 2.55. The van der Waals surface area contributed by atoms with Crippen molar-refractivity contribution in [3.63, 3.8) is 0 Å². The lowest BCUT2D eigenvalue weighted by molar-refractivity contribution is 0.415. The van der Waals surface area contributed by atoms with E-state index in [0.29, 0.717) is 12.5 Å². The van der Waals surface area contributed by atoms with E-state index in [4.69, 9.17) is 10.5 Å². The largest absolute Gasteiger partial charge is 0.497 e. The molecular weight excluding hydrogens is 260 g/mol. The maximum absolute atomic E-state index is 5.92. The van der Waals surface area contributed by atoms with Crippen LogP contribution in [0.4, 0.5) is 5.69 Å². The van der Waals surface area contributed by atoms with E-state index in [0.717, 1.165) is 17.9 Å². The van der Waals surface area contributed by atoms with Gasteiger partial charge in [-0.25, -0.2) is 0 Å². The standard InChI is InChI=1S/C18H24N2O/c1-14(15-7-4-3-5-8-15)11-17(13-19)20-16-9-6-10-18(12-16)21-2/h3-10,12,14,17,20H,11,13,19H2,1-2H3. The van der Waals surface area contributed by atoms with Crippen LogP contribution in [0.5, 0.6) is 5.75 Å². The molecule has 112 valence electrons. The molecule has 3 heteroatoms. The van der Waals surface area contributed by atoms with Crippen LogP contribution >= 0.6 is 0 Å². The van der Waals surface area contributed by atoms with E-state index < -0.39 is 0 Å². The molecule has 0 radical (unpaired) electrons. The zero-order valence-electron chi connectivity index (χ0n) is 12.8. The molecule has 0 heterocycles. The van der Waals surface area contributed by atoms with Crippen LogP contribution in [0.15, 0.2) is 54.6 Å². The molecule has 2 aromatic carbocycles. The van der Waals surface area contributed by atoms with Crippen molar-refractivity contribution >= 4 is 5.69 Å². The molecular formula is C18H24N2O. The van der Waals surface area contributed by atoms with E-state index in [1.165, 1.54) is 5.56 Å². The van der Waals surface area contributed by atoms with E-state index in [1.54, 1.807) is 7.11 Å². The van der Waals surface area contributed by atoms with Crippen molar-refractivity contribution < 1.29 is 4.74 Å². The molecule has 2 atom stereocenters. The van der Waals surface area contributed by atoms with Gasteiger partial charge in [0.25, 0.3) is 0 Å². The fourth-order valence-electron chi connectivity index (χ4n) is 2.51. The van der Waals surface area contributed by atoms with Gasteiger partial charge in [0.15, 0.2) is 0 Å². The van der Waals surface area contributed by atoms with Gasteiger partial charge in [0, 0.05) is 24.3 Å². The maximum Gasteiger partial charge on any atom is 0.120 e. The summed E-state index contributed by atoms with van der Waals surface area (Å²) in [5.41, 5.74) is 8.32. The third-order valence-corrected chi connectivity index (χ3v) is 3.73. The zero-order chi connectivity index (χ0) is 15.1. The van der Waals surface area contributed by atoms with Crippen molar-refractivity contribution in [2.24, 2.45) is 5.73 Å². The van der Waals surface area contributed by atoms with Gasteiger partial charge in [0.2, 0.25) is 0 Å².